The second-order valence-corrected chi connectivity index (χ2v) is 6.41. The molecule has 1 aliphatic rings. The smallest absolute Gasteiger partial charge is 0.423 e. The molecular weight excluding hydrogens is 370 g/mol. The van der Waals surface area contributed by atoms with E-state index in [9.17, 15) is 18.4 Å². The van der Waals surface area contributed by atoms with Crippen LogP contribution in [0.15, 0.2) is 41.5 Å². The van der Waals surface area contributed by atoms with E-state index in [1.54, 1.807) is 19.1 Å². The Labute approximate surface area is 158 Å². The fourth-order valence-corrected chi connectivity index (χ4v) is 3.23. The number of alkyl halides is 2. The van der Waals surface area contributed by atoms with Crippen LogP contribution in [0.3, 0.4) is 0 Å². The van der Waals surface area contributed by atoms with Crippen LogP contribution in [0.25, 0.3) is 10.9 Å². The van der Waals surface area contributed by atoms with Gasteiger partial charge in [-0.1, -0.05) is 19.1 Å². The first-order valence-corrected chi connectivity index (χ1v) is 8.63. The summed E-state index contributed by atoms with van der Waals surface area (Å²) in [7, 11) is 1.48. The number of hydrogen-bond donors (Lipinski definition) is 0. The van der Waals surface area contributed by atoms with Crippen LogP contribution in [0.4, 0.5) is 14.5 Å². The standard InChI is InChI=1S/C19H16F2N4O3/c1-3-11-5-4-6-14-16(11)28-19(20,21)18(27)25(14)10-15-23-13-9-22-8-7-12(13)17(26)24(15)2/h4-9H,3,10H2,1-2H3. The Hall–Kier alpha value is -3.36. The lowest BCUT2D eigenvalue weighted by atomic mass is 10.1. The first-order valence-electron chi connectivity index (χ1n) is 8.63. The maximum Gasteiger partial charge on any atom is 0.483 e. The molecule has 0 N–H and O–H groups in total. The van der Waals surface area contributed by atoms with Crippen molar-refractivity contribution in [2.45, 2.75) is 26.0 Å². The Kier molecular flexibility index (Phi) is 4.10. The normalized spacial score (nSPS) is 15.4. The number of aromatic nitrogens is 3. The topological polar surface area (TPSA) is 77.3 Å². The minimum Gasteiger partial charge on any atom is -0.423 e. The summed E-state index contributed by atoms with van der Waals surface area (Å²) in [5.74, 6) is -1.39. The highest BCUT2D eigenvalue weighted by Gasteiger charge is 2.51. The molecule has 28 heavy (non-hydrogen) atoms. The van der Waals surface area contributed by atoms with Crippen molar-refractivity contribution in [3.63, 3.8) is 0 Å². The number of amides is 1. The fourth-order valence-electron chi connectivity index (χ4n) is 3.23. The van der Waals surface area contributed by atoms with Crippen molar-refractivity contribution in [1.29, 1.82) is 0 Å². The fraction of sp³-hybridized carbons (Fsp3) is 0.263. The number of rotatable bonds is 3. The number of carbonyl (C=O) groups excluding carboxylic acids is 1. The van der Waals surface area contributed by atoms with Crippen LogP contribution in [-0.2, 0) is 24.8 Å². The van der Waals surface area contributed by atoms with Gasteiger partial charge >= 0.3 is 12.0 Å². The molecule has 0 spiro atoms. The molecule has 7 nitrogen and oxygen atoms in total. The summed E-state index contributed by atoms with van der Waals surface area (Å²) in [4.78, 5) is 34.2. The zero-order chi connectivity index (χ0) is 20.1. The van der Waals surface area contributed by atoms with E-state index < -0.39 is 12.0 Å². The SMILES string of the molecule is CCc1cccc2c1OC(F)(F)C(=O)N2Cc1nc2cnccc2c(=O)n1C. The van der Waals surface area contributed by atoms with Gasteiger partial charge in [0.2, 0.25) is 0 Å². The third-order valence-electron chi connectivity index (χ3n) is 4.74. The zero-order valence-electron chi connectivity index (χ0n) is 15.1. The third-order valence-corrected chi connectivity index (χ3v) is 4.74. The van der Waals surface area contributed by atoms with Crippen LogP contribution in [0, 0.1) is 0 Å². The molecule has 0 atom stereocenters. The first-order chi connectivity index (χ1) is 13.3. The molecule has 0 unspecified atom stereocenters. The minimum atomic E-state index is -4.00. The molecular formula is C19H16F2N4O3. The summed E-state index contributed by atoms with van der Waals surface area (Å²) >= 11 is 0. The van der Waals surface area contributed by atoms with Crippen LogP contribution in [0.1, 0.15) is 18.3 Å². The summed E-state index contributed by atoms with van der Waals surface area (Å²) < 4.78 is 34.5. The summed E-state index contributed by atoms with van der Waals surface area (Å²) in [5, 5.41) is 0.355. The molecule has 144 valence electrons. The van der Waals surface area contributed by atoms with Gasteiger partial charge < -0.3 is 4.74 Å². The molecule has 0 aliphatic carbocycles. The molecule has 0 radical (unpaired) electrons. The highest BCUT2D eigenvalue weighted by atomic mass is 19.3. The van der Waals surface area contributed by atoms with Gasteiger partial charge in [-0.2, -0.15) is 8.78 Å². The predicted molar refractivity (Wildman–Crippen MR) is 97.4 cm³/mol. The average molecular weight is 386 g/mol. The highest BCUT2D eigenvalue weighted by Crippen LogP contribution is 2.42. The number of anilines is 1. The maximum atomic E-state index is 14.3. The number of hydrogen-bond acceptors (Lipinski definition) is 5. The van der Waals surface area contributed by atoms with Gasteiger partial charge in [0.05, 0.1) is 29.3 Å². The molecule has 1 aromatic carbocycles. The van der Waals surface area contributed by atoms with Crippen LogP contribution in [-0.4, -0.2) is 26.6 Å². The third kappa shape index (κ3) is 2.70. The maximum absolute atomic E-state index is 14.3. The molecule has 4 rings (SSSR count). The predicted octanol–water partition coefficient (Wildman–Crippen LogP) is 2.41. The molecule has 0 saturated heterocycles. The van der Waals surface area contributed by atoms with E-state index >= 15 is 0 Å². The molecule has 3 heterocycles. The lowest BCUT2D eigenvalue weighted by molar-refractivity contribution is -0.193. The first kappa shape index (κ1) is 18.0. The van der Waals surface area contributed by atoms with E-state index in [2.05, 4.69) is 9.97 Å². The average Bonchev–Trinajstić information content (AvgIpc) is 2.68. The zero-order valence-corrected chi connectivity index (χ0v) is 15.1. The van der Waals surface area contributed by atoms with Crippen LogP contribution in [0.2, 0.25) is 0 Å². The minimum absolute atomic E-state index is 0.0398. The second kappa shape index (κ2) is 6.36. The van der Waals surface area contributed by atoms with Crippen LogP contribution in [0.5, 0.6) is 5.75 Å². The largest absolute Gasteiger partial charge is 0.483 e. The van der Waals surface area contributed by atoms with E-state index in [0.717, 1.165) is 4.90 Å². The lowest BCUT2D eigenvalue weighted by Crippen LogP contribution is -2.51. The van der Waals surface area contributed by atoms with Gasteiger partial charge in [0.25, 0.3) is 5.56 Å². The quantitative estimate of drug-likeness (QED) is 0.691. The van der Waals surface area contributed by atoms with Crippen molar-refractivity contribution in [2.24, 2.45) is 7.05 Å². The summed E-state index contributed by atoms with van der Waals surface area (Å²) in [6.07, 6.45) is -0.659. The molecule has 3 aromatic rings. The van der Waals surface area contributed by atoms with E-state index in [4.69, 9.17) is 4.74 Å². The lowest BCUT2D eigenvalue weighted by Gasteiger charge is -2.34. The van der Waals surface area contributed by atoms with Crippen molar-refractivity contribution < 1.29 is 18.3 Å². The number of fused-ring (bicyclic) bond motifs is 2. The summed E-state index contributed by atoms with van der Waals surface area (Å²) in [5.41, 5.74) is 0.753. The van der Waals surface area contributed by atoms with Gasteiger partial charge in [-0.15, -0.1) is 0 Å². The number of carbonyl (C=O) groups is 1. The van der Waals surface area contributed by atoms with Crippen molar-refractivity contribution in [3.05, 3.63) is 58.4 Å². The van der Waals surface area contributed by atoms with Crippen molar-refractivity contribution in [2.75, 3.05) is 4.90 Å². The number of aryl methyl sites for hydroxylation is 1. The van der Waals surface area contributed by atoms with E-state index in [1.807, 2.05) is 0 Å². The van der Waals surface area contributed by atoms with Crippen molar-refractivity contribution in [3.8, 4) is 5.75 Å². The molecule has 1 aliphatic heterocycles. The number of pyridine rings is 1. The second-order valence-electron chi connectivity index (χ2n) is 6.41. The molecule has 2 aromatic heterocycles. The van der Waals surface area contributed by atoms with Gasteiger partial charge in [0.15, 0.2) is 5.75 Å². The van der Waals surface area contributed by atoms with E-state index in [-0.39, 0.29) is 29.4 Å². The van der Waals surface area contributed by atoms with Crippen molar-refractivity contribution in [1.82, 2.24) is 14.5 Å². The van der Waals surface area contributed by atoms with Gasteiger partial charge in [0.1, 0.15) is 5.82 Å². The molecule has 0 saturated carbocycles. The summed E-state index contributed by atoms with van der Waals surface area (Å²) in [6.45, 7) is 1.49. The Morgan fingerprint density at radius 1 is 1.21 bits per heavy atom. The molecule has 1 amide bonds. The van der Waals surface area contributed by atoms with Gasteiger partial charge in [0, 0.05) is 13.2 Å². The van der Waals surface area contributed by atoms with Gasteiger partial charge in [-0.05, 0) is 24.1 Å². The number of nitrogens with zero attached hydrogens (tertiary/aromatic N) is 4. The van der Waals surface area contributed by atoms with E-state index in [1.165, 1.54) is 36.1 Å². The van der Waals surface area contributed by atoms with Gasteiger partial charge in [-0.25, -0.2) is 4.98 Å². The number of para-hydroxylation sites is 1. The Bertz CT molecular complexity index is 1160. The molecule has 0 fully saturated rings. The highest BCUT2D eigenvalue weighted by molar-refractivity contribution is 6.01. The summed E-state index contributed by atoms with van der Waals surface area (Å²) in [6, 6.07) is 6.40. The molecule has 0 bridgehead atoms. The van der Waals surface area contributed by atoms with Gasteiger partial charge in [-0.3, -0.25) is 24.0 Å². The molecule has 9 heteroatoms. The number of halogens is 2. The van der Waals surface area contributed by atoms with Crippen molar-refractivity contribution >= 4 is 22.5 Å². The number of benzene rings is 1. The Morgan fingerprint density at radius 3 is 2.75 bits per heavy atom. The van der Waals surface area contributed by atoms with Crippen LogP contribution < -0.4 is 15.2 Å². The van der Waals surface area contributed by atoms with E-state index in [0.29, 0.717) is 22.9 Å². The Morgan fingerprint density at radius 2 is 2.00 bits per heavy atom. The Balaban J connectivity index is 1.86. The monoisotopic (exact) mass is 386 g/mol. The van der Waals surface area contributed by atoms with Crippen LogP contribution >= 0.6 is 0 Å². The number of ether oxygens (including phenoxy) is 1.